The molecule has 3 rings (SSSR count). The van der Waals surface area contributed by atoms with Gasteiger partial charge in [0.25, 0.3) is 5.69 Å². The standard InChI is InChI=1S/C20H14F3N3O6/c1-9-16(10(2)27)18(11-7-14(21)17(23)15(22)8-11)25(19(28)24-9)20(29)32-13-5-3-12(4-6-13)26(30)31/h3-8,18H,1-2H3,(H,24,28). The Bertz CT molecular complexity index is 1160. The molecule has 1 atom stereocenters. The van der Waals surface area contributed by atoms with Gasteiger partial charge < -0.3 is 10.1 Å². The van der Waals surface area contributed by atoms with Crippen molar-refractivity contribution < 1.29 is 37.2 Å². The van der Waals surface area contributed by atoms with Crippen molar-refractivity contribution in [3.8, 4) is 5.75 Å². The van der Waals surface area contributed by atoms with Crippen molar-refractivity contribution in [2.24, 2.45) is 0 Å². The number of nitro groups is 1. The lowest BCUT2D eigenvalue weighted by atomic mass is 9.91. The summed E-state index contributed by atoms with van der Waals surface area (Å²) >= 11 is 0. The fourth-order valence-electron chi connectivity index (χ4n) is 3.22. The number of halogens is 3. The number of benzene rings is 2. The molecule has 2 aromatic rings. The lowest BCUT2D eigenvalue weighted by Gasteiger charge is -2.35. The van der Waals surface area contributed by atoms with Crippen LogP contribution >= 0.6 is 0 Å². The smallest absolute Gasteiger partial charge is 0.410 e. The summed E-state index contributed by atoms with van der Waals surface area (Å²) in [5.41, 5.74) is -0.831. The Hall–Kier alpha value is -4.22. The lowest BCUT2D eigenvalue weighted by molar-refractivity contribution is -0.384. The van der Waals surface area contributed by atoms with E-state index in [1.807, 2.05) is 0 Å². The van der Waals surface area contributed by atoms with E-state index in [-0.39, 0.29) is 28.3 Å². The number of nitrogens with one attached hydrogen (secondary N) is 1. The number of allylic oxidation sites excluding steroid dienone is 1. The van der Waals surface area contributed by atoms with Crippen LogP contribution in [0.15, 0.2) is 47.7 Å². The second-order valence-corrected chi connectivity index (χ2v) is 6.72. The van der Waals surface area contributed by atoms with Crippen molar-refractivity contribution in [3.63, 3.8) is 0 Å². The van der Waals surface area contributed by atoms with Crippen LogP contribution in [0.3, 0.4) is 0 Å². The van der Waals surface area contributed by atoms with Gasteiger partial charge in [0, 0.05) is 23.4 Å². The molecule has 1 aliphatic rings. The van der Waals surface area contributed by atoms with E-state index < -0.39 is 46.3 Å². The van der Waals surface area contributed by atoms with Crippen LogP contribution in [-0.2, 0) is 4.79 Å². The van der Waals surface area contributed by atoms with Gasteiger partial charge in [0.15, 0.2) is 23.2 Å². The Balaban J connectivity index is 2.07. The number of amides is 3. The van der Waals surface area contributed by atoms with Gasteiger partial charge in [0.05, 0.1) is 4.92 Å². The molecule has 0 saturated carbocycles. The van der Waals surface area contributed by atoms with Crippen molar-refractivity contribution in [1.29, 1.82) is 0 Å². The molecule has 3 amide bonds. The Kier molecular flexibility index (Phi) is 5.96. The zero-order valence-corrected chi connectivity index (χ0v) is 16.5. The number of carbonyl (C=O) groups is 3. The third-order valence-electron chi connectivity index (χ3n) is 4.60. The molecule has 1 aliphatic heterocycles. The number of hydrogen-bond donors (Lipinski definition) is 1. The van der Waals surface area contributed by atoms with Crippen molar-refractivity contribution in [2.75, 3.05) is 0 Å². The number of non-ortho nitro benzene ring substituents is 1. The average Bonchev–Trinajstić information content (AvgIpc) is 2.70. The third kappa shape index (κ3) is 4.15. The van der Waals surface area contributed by atoms with Crippen LogP contribution in [0.25, 0.3) is 0 Å². The maximum Gasteiger partial charge on any atom is 0.424 e. The highest BCUT2D eigenvalue weighted by molar-refractivity contribution is 6.02. The minimum Gasteiger partial charge on any atom is -0.410 e. The zero-order valence-electron chi connectivity index (χ0n) is 16.5. The molecule has 2 aromatic carbocycles. The summed E-state index contributed by atoms with van der Waals surface area (Å²) in [6.45, 7) is 2.45. The number of nitro benzene ring substituents is 1. The molecule has 32 heavy (non-hydrogen) atoms. The van der Waals surface area contributed by atoms with Crippen LogP contribution in [0.4, 0.5) is 28.4 Å². The van der Waals surface area contributed by atoms with Crippen molar-refractivity contribution in [2.45, 2.75) is 19.9 Å². The second kappa shape index (κ2) is 8.49. The van der Waals surface area contributed by atoms with E-state index in [9.17, 15) is 37.7 Å². The fraction of sp³-hybridized carbons (Fsp3) is 0.150. The number of hydrogen-bond acceptors (Lipinski definition) is 6. The molecular formula is C20H14F3N3O6. The van der Waals surface area contributed by atoms with Crippen LogP contribution in [0.1, 0.15) is 25.5 Å². The van der Waals surface area contributed by atoms with Gasteiger partial charge in [0.2, 0.25) is 0 Å². The molecule has 1 unspecified atom stereocenters. The number of Topliss-reactive ketones (excluding diaryl/α,β-unsaturated/α-hetero) is 1. The van der Waals surface area contributed by atoms with Gasteiger partial charge in [-0.2, -0.15) is 0 Å². The molecule has 0 aliphatic carbocycles. The minimum absolute atomic E-state index is 0.0250. The minimum atomic E-state index is -1.76. The molecule has 12 heteroatoms. The molecule has 0 saturated heterocycles. The van der Waals surface area contributed by atoms with E-state index in [0.717, 1.165) is 31.2 Å². The van der Waals surface area contributed by atoms with E-state index in [0.29, 0.717) is 17.0 Å². The molecule has 1 N–H and O–H groups in total. The van der Waals surface area contributed by atoms with Gasteiger partial charge >= 0.3 is 12.1 Å². The first-order valence-corrected chi connectivity index (χ1v) is 8.94. The summed E-state index contributed by atoms with van der Waals surface area (Å²) < 4.78 is 46.3. The van der Waals surface area contributed by atoms with E-state index in [1.54, 1.807) is 0 Å². The summed E-state index contributed by atoms with van der Waals surface area (Å²) in [6, 6.07) is 2.70. The third-order valence-corrected chi connectivity index (χ3v) is 4.60. The van der Waals surface area contributed by atoms with Crippen LogP contribution < -0.4 is 10.1 Å². The monoisotopic (exact) mass is 449 g/mol. The molecule has 1 heterocycles. The Labute approximate surface area is 178 Å². The maximum atomic E-state index is 13.9. The number of ketones is 1. The number of imide groups is 1. The summed E-state index contributed by atoms with van der Waals surface area (Å²) in [4.78, 5) is 48.1. The van der Waals surface area contributed by atoms with E-state index in [4.69, 9.17) is 4.74 Å². The van der Waals surface area contributed by atoms with Gasteiger partial charge in [-0.1, -0.05) is 0 Å². The van der Waals surface area contributed by atoms with Gasteiger partial charge in [0.1, 0.15) is 11.8 Å². The highest BCUT2D eigenvalue weighted by atomic mass is 19.2. The lowest BCUT2D eigenvalue weighted by Crippen LogP contribution is -2.52. The first kappa shape index (κ1) is 22.5. The molecule has 0 spiro atoms. The van der Waals surface area contributed by atoms with Crippen LogP contribution in [-0.4, -0.2) is 27.7 Å². The van der Waals surface area contributed by atoms with Crippen LogP contribution in [0.2, 0.25) is 0 Å². The molecule has 0 fully saturated rings. The zero-order chi connectivity index (χ0) is 23.7. The summed E-state index contributed by atoms with van der Waals surface area (Å²) in [6.07, 6.45) is -1.35. The Morgan fingerprint density at radius 1 is 1.12 bits per heavy atom. The Morgan fingerprint density at radius 2 is 1.69 bits per heavy atom. The Morgan fingerprint density at radius 3 is 2.19 bits per heavy atom. The van der Waals surface area contributed by atoms with Crippen molar-refractivity contribution >= 4 is 23.6 Å². The fourth-order valence-corrected chi connectivity index (χ4v) is 3.22. The number of ether oxygens (including phenoxy) is 1. The maximum absolute atomic E-state index is 13.9. The summed E-state index contributed by atoms with van der Waals surface area (Å²) in [5, 5.41) is 13.0. The summed E-state index contributed by atoms with van der Waals surface area (Å²) in [7, 11) is 0. The van der Waals surface area contributed by atoms with Crippen molar-refractivity contribution in [3.05, 3.63) is 80.8 Å². The SMILES string of the molecule is CC(=O)C1=C(C)NC(=O)N(C(=O)Oc2ccc([N+](=O)[O-])cc2)C1c1cc(F)c(F)c(F)c1. The number of carbonyl (C=O) groups excluding carboxylic acids is 3. The van der Waals surface area contributed by atoms with Crippen molar-refractivity contribution in [1.82, 2.24) is 10.2 Å². The normalized spacial score (nSPS) is 16.0. The largest absolute Gasteiger partial charge is 0.424 e. The van der Waals surface area contributed by atoms with Gasteiger partial charge in [-0.25, -0.2) is 27.7 Å². The van der Waals surface area contributed by atoms with Gasteiger partial charge in [-0.05, 0) is 43.7 Å². The molecular weight excluding hydrogens is 435 g/mol. The molecule has 9 nitrogen and oxygen atoms in total. The predicted molar refractivity (Wildman–Crippen MR) is 102 cm³/mol. The van der Waals surface area contributed by atoms with Gasteiger partial charge in [-0.15, -0.1) is 0 Å². The molecule has 0 bridgehead atoms. The average molecular weight is 449 g/mol. The van der Waals surface area contributed by atoms with Gasteiger partial charge in [-0.3, -0.25) is 14.9 Å². The topological polar surface area (TPSA) is 119 Å². The van der Waals surface area contributed by atoms with E-state index in [1.165, 1.54) is 6.92 Å². The highest BCUT2D eigenvalue weighted by Crippen LogP contribution is 2.36. The second-order valence-electron chi connectivity index (χ2n) is 6.72. The quantitative estimate of drug-likeness (QED) is 0.426. The van der Waals surface area contributed by atoms with Crippen LogP contribution in [0, 0.1) is 27.6 Å². The molecule has 0 aromatic heterocycles. The first-order chi connectivity index (χ1) is 15.0. The van der Waals surface area contributed by atoms with Crippen LogP contribution in [0.5, 0.6) is 5.75 Å². The predicted octanol–water partition coefficient (Wildman–Crippen LogP) is 4.14. The highest BCUT2D eigenvalue weighted by Gasteiger charge is 2.42. The van der Waals surface area contributed by atoms with E-state index >= 15 is 0 Å². The summed E-state index contributed by atoms with van der Waals surface area (Å²) in [5.74, 6) is -5.76. The molecule has 0 radical (unpaired) electrons. The van der Waals surface area contributed by atoms with E-state index in [2.05, 4.69) is 5.32 Å². The first-order valence-electron chi connectivity index (χ1n) is 8.94. The number of urea groups is 1. The number of rotatable bonds is 4. The number of nitrogens with zero attached hydrogens (tertiary/aromatic N) is 2. The molecule has 166 valence electrons.